The molecule has 1 aliphatic carbocycles. The van der Waals surface area contributed by atoms with Crippen LogP contribution in [0.15, 0.2) is 0 Å². The number of carbonyl (C=O) groups is 1. The summed E-state index contributed by atoms with van der Waals surface area (Å²) in [5, 5.41) is 0. The number of fused-ring (bicyclic) bond motifs is 1. The standard InChI is InChI=1S/C15H26N2O2/c1-16-13-7-9-17(12-5-3-2-4-6-12)10-8-14(13)19-11-15(16)18/h12-14H,2-11H2,1H3/t13-,14-/m0/s1. The Bertz CT molecular complexity index is 328. The minimum absolute atomic E-state index is 0.146. The van der Waals surface area contributed by atoms with Gasteiger partial charge in [0.15, 0.2) is 0 Å². The highest BCUT2D eigenvalue weighted by Crippen LogP contribution is 2.28. The fourth-order valence-corrected chi connectivity index (χ4v) is 4.00. The first-order valence-corrected chi connectivity index (χ1v) is 7.87. The lowest BCUT2D eigenvalue weighted by Crippen LogP contribution is -2.52. The molecule has 4 nitrogen and oxygen atoms in total. The molecule has 0 aromatic rings. The molecule has 19 heavy (non-hydrogen) atoms. The Morgan fingerprint density at radius 3 is 2.58 bits per heavy atom. The number of carbonyl (C=O) groups excluding carboxylic acids is 1. The predicted molar refractivity (Wildman–Crippen MR) is 74.0 cm³/mol. The van der Waals surface area contributed by atoms with Crippen LogP contribution >= 0.6 is 0 Å². The van der Waals surface area contributed by atoms with Gasteiger partial charge < -0.3 is 14.5 Å². The molecule has 2 saturated heterocycles. The number of amides is 1. The minimum atomic E-state index is 0.146. The lowest BCUT2D eigenvalue weighted by atomic mass is 9.94. The first-order valence-electron chi connectivity index (χ1n) is 7.87. The normalized spacial score (nSPS) is 35.0. The number of morpholine rings is 1. The number of rotatable bonds is 1. The zero-order valence-corrected chi connectivity index (χ0v) is 12.0. The molecular weight excluding hydrogens is 240 g/mol. The van der Waals surface area contributed by atoms with E-state index in [0.717, 1.165) is 32.0 Å². The van der Waals surface area contributed by atoms with E-state index < -0.39 is 0 Å². The van der Waals surface area contributed by atoms with Crippen molar-refractivity contribution >= 4 is 5.91 Å². The van der Waals surface area contributed by atoms with E-state index in [1.165, 1.54) is 32.1 Å². The molecule has 0 spiro atoms. The molecule has 2 heterocycles. The number of hydrogen-bond acceptors (Lipinski definition) is 3. The van der Waals surface area contributed by atoms with Gasteiger partial charge in [-0.2, -0.15) is 0 Å². The van der Waals surface area contributed by atoms with Crippen molar-refractivity contribution in [3.63, 3.8) is 0 Å². The van der Waals surface area contributed by atoms with Crippen LogP contribution in [-0.4, -0.2) is 60.6 Å². The highest BCUT2D eigenvalue weighted by atomic mass is 16.5. The van der Waals surface area contributed by atoms with Crippen molar-refractivity contribution in [3.8, 4) is 0 Å². The molecule has 0 radical (unpaired) electrons. The molecular formula is C15H26N2O2. The highest BCUT2D eigenvalue weighted by Gasteiger charge is 2.37. The fourth-order valence-electron chi connectivity index (χ4n) is 4.00. The maximum absolute atomic E-state index is 11.7. The molecule has 1 amide bonds. The van der Waals surface area contributed by atoms with Crippen LogP contribution in [0.5, 0.6) is 0 Å². The zero-order valence-electron chi connectivity index (χ0n) is 12.0. The van der Waals surface area contributed by atoms with E-state index >= 15 is 0 Å². The van der Waals surface area contributed by atoms with Gasteiger partial charge in [-0.15, -0.1) is 0 Å². The summed E-state index contributed by atoms with van der Waals surface area (Å²) in [6.07, 6.45) is 9.34. The van der Waals surface area contributed by atoms with Gasteiger partial charge in [-0.1, -0.05) is 19.3 Å². The van der Waals surface area contributed by atoms with Gasteiger partial charge in [0.2, 0.25) is 5.91 Å². The number of likely N-dealkylation sites (N-methyl/N-ethyl adjacent to an activating group) is 1. The summed E-state index contributed by atoms with van der Waals surface area (Å²) in [5.74, 6) is 0.146. The maximum atomic E-state index is 11.7. The average Bonchev–Trinajstić information content (AvgIpc) is 2.67. The average molecular weight is 266 g/mol. The van der Waals surface area contributed by atoms with Crippen LogP contribution in [-0.2, 0) is 9.53 Å². The zero-order chi connectivity index (χ0) is 13.2. The SMILES string of the molecule is CN1C(=O)CO[C@H]2CCN(C3CCCCC3)CC[C@@H]21. The second-order valence-corrected chi connectivity index (χ2v) is 6.33. The molecule has 2 aliphatic heterocycles. The molecule has 0 bridgehead atoms. The van der Waals surface area contributed by atoms with Crippen molar-refractivity contribution in [2.45, 2.75) is 63.1 Å². The Morgan fingerprint density at radius 1 is 1.05 bits per heavy atom. The third-order valence-electron chi connectivity index (χ3n) is 5.24. The molecule has 0 N–H and O–H groups in total. The Hall–Kier alpha value is -0.610. The summed E-state index contributed by atoms with van der Waals surface area (Å²) in [6, 6.07) is 1.09. The monoisotopic (exact) mass is 266 g/mol. The topological polar surface area (TPSA) is 32.8 Å². The Labute approximate surface area is 116 Å². The maximum Gasteiger partial charge on any atom is 0.248 e. The van der Waals surface area contributed by atoms with Crippen LogP contribution in [0.2, 0.25) is 0 Å². The first kappa shape index (κ1) is 13.4. The van der Waals surface area contributed by atoms with Gasteiger partial charge >= 0.3 is 0 Å². The van der Waals surface area contributed by atoms with E-state index in [1.807, 2.05) is 11.9 Å². The summed E-state index contributed by atoms with van der Waals surface area (Å²) in [7, 11) is 1.94. The van der Waals surface area contributed by atoms with E-state index in [2.05, 4.69) is 4.90 Å². The van der Waals surface area contributed by atoms with Crippen LogP contribution in [0.1, 0.15) is 44.9 Å². The van der Waals surface area contributed by atoms with Crippen LogP contribution in [0, 0.1) is 0 Å². The Kier molecular flexibility index (Phi) is 4.08. The number of likely N-dealkylation sites (tertiary alicyclic amines) is 1. The summed E-state index contributed by atoms with van der Waals surface area (Å²) < 4.78 is 5.76. The molecule has 0 unspecified atom stereocenters. The van der Waals surface area contributed by atoms with Gasteiger partial charge in [0.25, 0.3) is 0 Å². The quantitative estimate of drug-likeness (QED) is 0.723. The fraction of sp³-hybridized carbons (Fsp3) is 0.933. The highest BCUT2D eigenvalue weighted by molar-refractivity contribution is 5.78. The van der Waals surface area contributed by atoms with Gasteiger partial charge in [0.1, 0.15) is 6.61 Å². The van der Waals surface area contributed by atoms with Crippen LogP contribution < -0.4 is 0 Å². The van der Waals surface area contributed by atoms with Gasteiger partial charge in [-0.25, -0.2) is 0 Å². The van der Waals surface area contributed by atoms with E-state index in [9.17, 15) is 4.79 Å². The summed E-state index contributed by atoms with van der Waals surface area (Å²) >= 11 is 0. The van der Waals surface area contributed by atoms with E-state index in [0.29, 0.717) is 6.04 Å². The lowest BCUT2D eigenvalue weighted by molar-refractivity contribution is -0.154. The minimum Gasteiger partial charge on any atom is -0.366 e. The van der Waals surface area contributed by atoms with Crippen molar-refractivity contribution in [2.24, 2.45) is 0 Å². The number of ether oxygens (including phenoxy) is 1. The number of nitrogens with zero attached hydrogens (tertiary/aromatic N) is 2. The molecule has 3 aliphatic rings. The predicted octanol–water partition coefficient (Wildman–Crippen LogP) is 1.64. The Balaban J connectivity index is 1.63. The van der Waals surface area contributed by atoms with E-state index in [4.69, 9.17) is 4.74 Å². The smallest absolute Gasteiger partial charge is 0.248 e. The molecule has 108 valence electrons. The Morgan fingerprint density at radius 2 is 1.79 bits per heavy atom. The second kappa shape index (κ2) is 5.80. The largest absolute Gasteiger partial charge is 0.366 e. The summed E-state index contributed by atoms with van der Waals surface area (Å²) in [5.41, 5.74) is 0. The number of hydrogen-bond donors (Lipinski definition) is 0. The van der Waals surface area contributed by atoms with Crippen molar-refractivity contribution < 1.29 is 9.53 Å². The molecule has 3 rings (SSSR count). The summed E-state index contributed by atoms with van der Waals surface area (Å²) in [4.78, 5) is 16.3. The van der Waals surface area contributed by atoms with Gasteiger partial charge in [-0.3, -0.25) is 4.79 Å². The third kappa shape index (κ3) is 2.79. The molecule has 0 aromatic carbocycles. The van der Waals surface area contributed by atoms with Crippen LogP contribution in [0.4, 0.5) is 0 Å². The van der Waals surface area contributed by atoms with Crippen molar-refractivity contribution in [2.75, 3.05) is 26.7 Å². The molecule has 1 saturated carbocycles. The van der Waals surface area contributed by atoms with E-state index in [-0.39, 0.29) is 18.6 Å². The van der Waals surface area contributed by atoms with Crippen LogP contribution in [0.25, 0.3) is 0 Å². The molecule has 0 aromatic heterocycles. The van der Waals surface area contributed by atoms with Crippen LogP contribution in [0.3, 0.4) is 0 Å². The summed E-state index contributed by atoms with van der Waals surface area (Å²) in [6.45, 7) is 2.56. The second-order valence-electron chi connectivity index (χ2n) is 6.33. The molecule has 2 atom stereocenters. The lowest BCUT2D eigenvalue weighted by Gasteiger charge is -2.37. The van der Waals surface area contributed by atoms with Gasteiger partial charge in [0.05, 0.1) is 12.1 Å². The van der Waals surface area contributed by atoms with Crippen molar-refractivity contribution in [1.29, 1.82) is 0 Å². The first-order chi connectivity index (χ1) is 9.25. The molecule has 4 heteroatoms. The third-order valence-corrected chi connectivity index (χ3v) is 5.24. The van der Waals surface area contributed by atoms with Crippen molar-refractivity contribution in [3.05, 3.63) is 0 Å². The van der Waals surface area contributed by atoms with Gasteiger partial charge in [0, 0.05) is 26.2 Å². The van der Waals surface area contributed by atoms with Gasteiger partial charge in [-0.05, 0) is 25.7 Å². The van der Waals surface area contributed by atoms with Crippen molar-refractivity contribution in [1.82, 2.24) is 9.80 Å². The van der Waals surface area contributed by atoms with E-state index in [1.54, 1.807) is 0 Å². The molecule has 3 fully saturated rings.